The molecule has 88 valence electrons. The van der Waals surface area contributed by atoms with E-state index in [2.05, 4.69) is 0 Å². The van der Waals surface area contributed by atoms with Gasteiger partial charge in [0, 0.05) is 10.6 Å². The van der Waals surface area contributed by atoms with Crippen LogP contribution in [0.3, 0.4) is 0 Å². The number of halogens is 2. The van der Waals surface area contributed by atoms with Crippen LogP contribution in [0, 0.1) is 13.8 Å². The fourth-order valence-electron chi connectivity index (χ4n) is 2.07. The Hall–Kier alpha value is -0.440. The lowest BCUT2D eigenvalue weighted by Crippen LogP contribution is -2.42. The zero-order chi connectivity index (χ0) is 11.9. The van der Waals surface area contributed by atoms with E-state index in [9.17, 15) is 0 Å². The molecule has 0 aromatic heterocycles. The van der Waals surface area contributed by atoms with E-state index in [1.807, 2.05) is 19.9 Å². The molecule has 1 aliphatic rings. The second-order valence-corrected chi connectivity index (χ2v) is 5.27. The van der Waals surface area contributed by atoms with Gasteiger partial charge in [-0.1, -0.05) is 11.6 Å². The Labute approximate surface area is 105 Å². The molecule has 0 aliphatic carbocycles. The summed E-state index contributed by atoms with van der Waals surface area (Å²) >= 11 is 12.7. The van der Waals surface area contributed by atoms with E-state index in [1.165, 1.54) is 0 Å². The molecule has 1 heterocycles. The first-order chi connectivity index (χ1) is 7.49. The highest BCUT2D eigenvalue weighted by Crippen LogP contribution is 2.45. The van der Waals surface area contributed by atoms with E-state index in [0.717, 1.165) is 27.5 Å². The summed E-state index contributed by atoms with van der Waals surface area (Å²) in [6.45, 7) is 4.94. The average Bonchev–Trinajstić information content (AvgIpc) is 2.22. The lowest BCUT2D eigenvalue weighted by molar-refractivity contribution is -0.0164. The van der Waals surface area contributed by atoms with Crippen molar-refractivity contribution < 1.29 is 9.47 Å². The number of rotatable bonds is 2. The maximum Gasteiger partial charge on any atom is 0.124 e. The second kappa shape index (κ2) is 4.10. The van der Waals surface area contributed by atoms with Crippen LogP contribution < -0.4 is 4.74 Å². The maximum atomic E-state index is 6.48. The molecule has 1 saturated heterocycles. The van der Waals surface area contributed by atoms with Gasteiger partial charge in [-0.2, -0.15) is 0 Å². The SMILES string of the molecule is COc1cc(C)c(Cl)c(C)c1C1(Cl)COC1. The summed E-state index contributed by atoms with van der Waals surface area (Å²) in [5.74, 6) is 0.790. The van der Waals surface area contributed by atoms with E-state index in [-0.39, 0.29) is 0 Å². The molecule has 16 heavy (non-hydrogen) atoms. The van der Waals surface area contributed by atoms with Crippen LogP contribution in [0.1, 0.15) is 16.7 Å². The molecule has 0 radical (unpaired) electrons. The fourth-order valence-corrected chi connectivity index (χ4v) is 2.60. The monoisotopic (exact) mass is 260 g/mol. The molecule has 0 amide bonds. The van der Waals surface area contributed by atoms with Gasteiger partial charge in [-0.3, -0.25) is 0 Å². The van der Waals surface area contributed by atoms with Gasteiger partial charge in [0.25, 0.3) is 0 Å². The molecule has 0 saturated carbocycles. The summed E-state index contributed by atoms with van der Waals surface area (Å²) in [6.07, 6.45) is 0. The molecule has 0 spiro atoms. The lowest BCUT2D eigenvalue weighted by Gasteiger charge is -2.38. The van der Waals surface area contributed by atoms with Crippen molar-refractivity contribution in [1.29, 1.82) is 0 Å². The largest absolute Gasteiger partial charge is 0.496 e. The van der Waals surface area contributed by atoms with Crippen molar-refractivity contribution in [2.75, 3.05) is 20.3 Å². The van der Waals surface area contributed by atoms with Crippen LogP contribution in [0.15, 0.2) is 6.07 Å². The van der Waals surface area contributed by atoms with Gasteiger partial charge in [0.15, 0.2) is 0 Å². The van der Waals surface area contributed by atoms with Crippen molar-refractivity contribution in [2.45, 2.75) is 18.7 Å². The number of hydrogen-bond acceptors (Lipinski definition) is 2. The first-order valence-corrected chi connectivity index (χ1v) is 5.86. The lowest BCUT2D eigenvalue weighted by atomic mass is 9.90. The van der Waals surface area contributed by atoms with E-state index in [1.54, 1.807) is 7.11 Å². The van der Waals surface area contributed by atoms with Crippen LogP contribution in [0.2, 0.25) is 5.02 Å². The number of methoxy groups -OCH3 is 1. The Bertz CT molecular complexity index is 426. The molecule has 2 rings (SSSR count). The normalized spacial score (nSPS) is 18.1. The predicted octanol–water partition coefficient (Wildman–Crippen LogP) is 3.43. The highest BCUT2D eigenvalue weighted by Gasteiger charge is 2.42. The second-order valence-electron chi connectivity index (χ2n) is 4.17. The molecule has 0 bridgehead atoms. The van der Waals surface area contributed by atoms with Crippen LogP contribution in [0.4, 0.5) is 0 Å². The van der Waals surface area contributed by atoms with Crippen LogP contribution >= 0.6 is 23.2 Å². The van der Waals surface area contributed by atoms with Gasteiger partial charge in [0.1, 0.15) is 10.6 Å². The average molecular weight is 261 g/mol. The quantitative estimate of drug-likeness (QED) is 0.759. The van der Waals surface area contributed by atoms with Crippen LogP contribution in [-0.2, 0) is 9.61 Å². The third-order valence-electron chi connectivity index (χ3n) is 2.97. The summed E-state index contributed by atoms with van der Waals surface area (Å²) in [7, 11) is 1.64. The number of hydrogen-bond donors (Lipinski definition) is 0. The highest BCUT2D eigenvalue weighted by molar-refractivity contribution is 6.32. The van der Waals surface area contributed by atoms with Crippen LogP contribution in [0.25, 0.3) is 0 Å². The zero-order valence-corrected chi connectivity index (χ0v) is 11.1. The first-order valence-electron chi connectivity index (χ1n) is 5.10. The van der Waals surface area contributed by atoms with Crippen molar-refractivity contribution in [1.82, 2.24) is 0 Å². The van der Waals surface area contributed by atoms with Crippen LogP contribution in [0.5, 0.6) is 5.75 Å². The van der Waals surface area contributed by atoms with Crippen molar-refractivity contribution in [3.8, 4) is 5.75 Å². The van der Waals surface area contributed by atoms with E-state index < -0.39 is 4.87 Å². The number of ether oxygens (including phenoxy) is 2. The Balaban J connectivity index is 2.62. The Morgan fingerprint density at radius 1 is 1.38 bits per heavy atom. The first kappa shape index (κ1) is 12.0. The molecule has 0 atom stereocenters. The van der Waals surface area contributed by atoms with E-state index >= 15 is 0 Å². The molecule has 1 fully saturated rings. The Kier molecular flexibility index (Phi) is 3.08. The number of aryl methyl sites for hydroxylation is 1. The third kappa shape index (κ3) is 1.69. The smallest absolute Gasteiger partial charge is 0.124 e. The van der Waals surface area contributed by atoms with Crippen molar-refractivity contribution in [3.05, 3.63) is 27.8 Å². The molecule has 1 aliphatic heterocycles. The third-order valence-corrected chi connectivity index (χ3v) is 3.96. The van der Waals surface area contributed by atoms with Gasteiger partial charge in [-0.15, -0.1) is 11.6 Å². The summed E-state index contributed by atoms with van der Waals surface area (Å²) in [5.41, 5.74) is 2.94. The molecule has 1 aromatic carbocycles. The predicted molar refractivity (Wildman–Crippen MR) is 65.8 cm³/mol. The van der Waals surface area contributed by atoms with E-state index in [4.69, 9.17) is 32.7 Å². The van der Waals surface area contributed by atoms with Crippen LogP contribution in [-0.4, -0.2) is 20.3 Å². The van der Waals surface area contributed by atoms with Gasteiger partial charge in [-0.25, -0.2) is 0 Å². The molecular formula is C12H14Cl2O2. The number of alkyl halides is 1. The van der Waals surface area contributed by atoms with Gasteiger partial charge in [-0.05, 0) is 31.0 Å². The Morgan fingerprint density at radius 2 is 2.00 bits per heavy atom. The topological polar surface area (TPSA) is 18.5 Å². The fraction of sp³-hybridized carbons (Fsp3) is 0.500. The minimum Gasteiger partial charge on any atom is -0.496 e. The summed E-state index contributed by atoms with van der Waals surface area (Å²) in [5, 5.41) is 0.753. The summed E-state index contributed by atoms with van der Waals surface area (Å²) in [6, 6.07) is 1.92. The molecular weight excluding hydrogens is 247 g/mol. The number of benzene rings is 1. The molecule has 0 N–H and O–H groups in total. The molecule has 1 aromatic rings. The van der Waals surface area contributed by atoms with Gasteiger partial charge in [0.05, 0.1) is 20.3 Å². The molecule has 2 nitrogen and oxygen atoms in total. The van der Waals surface area contributed by atoms with Crippen molar-refractivity contribution >= 4 is 23.2 Å². The Morgan fingerprint density at radius 3 is 2.44 bits per heavy atom. The van der Waals surface area contributed by atoms with Gasteiger partial charge < -0.3 is 9.47 Å². The van der Waals surface area contributed by atoms with Crippen molar-refractivity contribution in [3.63, 3.8) is 0 Å². The highest BCUT2D eigenvalue weighted by atomic mass is 35.5. The van der Waals surface area contributed by atoms with E-state index in [0.29, 0.717) is 13.2 Å². The van der Waals surface area contributed by atoms with Crippen molar-refractivity contribution in [2.24, 2.45) is 0 Å². The standard InChI is InChI=1S/C12H14Cl2O2/c1-7-4-9(15-3)10(8(2)11(7)13)12(14)5-16-6-12/h4H,5-6H2,1-3H3. The minimum absolute atomic E-state index is 0.479. The molecule has 4 heteroatoms. The summed E-state index contributed by atoms with van der Waals surface area (Å²) in [4.78, 5) is -0.479. The zero-order valence-electron chi connectivity index (χ0n) is 9.56. The summed E-state index contributed by atoms with van der Waals surface area (Å²) < 4.78 is 10.6. The minimum atomic E-state index is -0.479. The van der Waals surface area contributed by atoms with Gasteiger partial charge >= 0.3 is 0 Å². The van der Waals surface area contributed by atoms with Gasteiger partial charge in [0.2, 0.25) is 0 Å². The molecule has 0 unspecified atom stereocenters. The maximum absolute atomic E-state index is 6.48.